The summed E-state index contributed by atoms with van der Waals surface area (Å²) < 4.78 is 11.2. The quantitative estimate of drug-likeness (QED) is 0.701. The van der Waals surface area contributed by atoms with E-state index in [0.29, 0.717) is 11.8 Å². The molecule has 4 rings (SSSR count). The molecule has 6 heteroatoms. The highest BCUT2D eigenvalue weighted by molar-refractivity contribution is 5.82. The number of H-pyrrole nitrogens is 1. The zero-order chi connectivity index (χ0) is 17.9. The molecule has 0 bridgehead atoms. The van der Waals surface area contributed by atoms with Crippen LogP contribution in [0.25, 0.3) is 10.9 Å². The number of fused-ring (bicyclic) bond motifs is 1. The topological polar surface area (TPSA) is 76.0 Å². The maximum atomic E-state index is 5.63. The van der Waals surface area contributed by atoms with Crippen LogP contribution >= 0.6 is 0 Å². The van der Waals surface area contributed by atoms with Gasteiger partial charge in [-0.3, -0.25) is 0 Å². The van der Waals surface area contributed by atoms with Crippen molar-refractivity contribution in [3.8, 4) is 0 Å². The minimum Gasteiger partial charge on any atom is -0.381 e. The Hall–Kier alpha value is -2.18. The van der Waals surface area contributed by atoms with E-state index < -0.39 is 0 Å². The maximum absolute atomic E-state index is 5.63. The van der Waals surface area contributed by atoms with Gasteiger partial charge in [-0.1, -0.05) is 31.1 Å². The van der Waals surface area contributed by atoms with Crippen molar-refractivity contribution >= 4 is 10.9 Å². The molecule has 1 aliphatic heterocycles. The molecular weight excluding hydrogens is 328 g/mol. The lowest BCUT2D eigenvalue weighted by atomic mass is 9.91. The molecule has 1 aliphatic rings. The van der Waals surface area contributed by atoms with Gasteiger partial charge in [0.1, 0.15) is 0 Å². The summed E-state index contributed by atoms with van der Waals surface area (Å²) in [5, 5.41) is 9.11. The van der Waals surface area contributed by atoms with Crippen molar-refractivity contribution in [2.45, 2.75) is 45.2 Å². The largest absolute Gasteiger partial charge is 0.381 e. The third-order valence-corrected chi connectivity index (χ3v) is 5.17. The van der Waals surface area contributed by atoms with Crippen LogP contribution in [0.15, 0.2) is 35.0 Å². The third-order valence-electron chi connectivity index (χ3n) is 5.17. The highest BCUT2D eigenvalue weighted by atomic mass is 16.5. The average molecular weight is 354 g/mol. The zero-order valence-corrected chi connectivity index (χ0v) is 15.4. The van der Waals surface area contributed by atoms with Gasteiger partial charge in [-0.25, -0.2) is 0 Å². The molecule has 1 fully saturated rings. The second kappa shape index (κ2) is 7.60. The van der Waals surface area contributed by atoms with E-state index in [1.54, 1.807) is 0 Å². The van der Waals surface area contributed by atoms with Crippen molar-refractivity contribution in [2.24, 2.45) is 5.92 Å². The van der Waals surface area contributed by atoms with Crippen molar-refractivity contribution in [2.75, 3.05) is 13.2 Å². The number of hydrogen-bond donors (Lipinski definition) is 2. The first-order valence-electron chi connectivity index (χ1n) is 9.42. The van der Waals surface area contributed by atoms with Crippen LogP contribution < -0.4 is 5.32 Å². The summed E-state index contributed by atoms with van der Waals surface area (Å²) in [4.78, 5) is 7.94. The smallest absolute Gasteiger partial charge is 0.244 e. The van der Waals surface area contributed by atoms with E-state index in [1.807, 2.05) is 6.20 Å². The van der Waals surface area contributed by atoms with E-state index in [2.05, 4.69) is 58.6 Å². The van der Waals surface area contributed by atoms with Gasteiger partial charge in [0, 0.05) is 42.8 Å². The summed E-state index contributed by atoms with van der Waals surface area (Å²) in [6.07, 6.45) is 3.99. The van der Waals surface area contributed by atoms with Gasteiger partial charge in [-0.05, 0) is 36.5 Å². The van der Waals surface area contributed by atoms with Gasteiger partial charge < -0.3 is 19.6 Å². The van der Waals surface area contributed by atoms with Crippen LogP contribution in [0.5, 0.6) is 0 Å². The van der Waals surface area contributed by atoms with Crippen LogP contribution in [-0.4, -0.2) is 28.3 Å². The molecule has 3 aromatic rings. The molecule has 0 amide bonds. The fourth-order valence-corrected chi connectivity index (χ4v) is 3.64. The minimum atomic E-state index is 0.0492. The van der Waals surface area contributed by atoms with Crippen LogP contribution in [0.1, 0.15) is 55.9 Å². The number of rotatable bonds is 6. The summed E-state index contributed by atoms with van der Waals surface area (Å²) >= 11 is 0. The van der Waals surface area contributed by atoms with Crippen LogP contribution in [0.2, 0.25) is 0 Å². The molecule has 2 N–H and O–H groups in total. The number of nitrogens with one attached hydrogen (secondary N) is 2. The monoisotopic (exact) mass is 354 g/mol. The van der Waals surface area contributed by atoms with Crippen LogP contribution in [-0.2, 0) is 11.3 Å². The molecule has 6 nitrogen and oxygen atoms in total. The molecule has 0 saturated carbocycles. The average Bonchev–Trinajstić information content (AvgIpc) is 3.33. The molecular formula is C20H26N4O2. The Kier molecular flexibility index (Phi) is 5.04. The Morgan fingerprint density at radius 2 is 2.08 bits per heavy atom. The lowest BCUT2D eigenvalue weighted by Crippen LogP contribution is -2.32. The predicted octanol–water partition coefficient (Wildman–Crippen LogP) is 3.93. The third kappa shape index (κ3) is 3.52. The first-order valence-corrected chi connectivity index (χ1v) is 9.42. The fourth-order valence-electron chi connectivity index (χ4n) is 3.64. The first kappa shape index (κ1) is 17.2. The Balaban J connectivity index is 1.57. The summed E-state index contributed by atoms with van der Waals surface area (Å²) in [5.41, 5.74) is 2.43. The van der Waals surface area contributed by atoms with Gasteiger partial charge in [0.25, 0.3) is 0 Å². The number of hydrogen-bond acceptors (Lipinski definition) is 5. The predicted molar refractivity (Wildman–Crippen MR) is 99.8 cm³/mol. The molecule has 0 unspecified atom stereocenters. The van der Waals surface area contributed by atoms with E-state index in [9.17, 15) is 0 Å². The number of benzene rings is 1. The van der Waals surface area contributed by atoms with Gasteiger partial charge >= 0.3 is 0 Å². The fraction of sp³-hybridized carbons (Fsp3) is 0.500. The normalized spacial score (nSPS) is 17.2. The highest BCUT2D eigenvalue weighted by Gasteiger charge is 2.30. The van der Waals surface area contributed by atoms with E-state index in [4.69, 9.17) is 9.26 Å². The van der Waals surface area contributed by atoms with E-state index in [1.165, 1.54) is 10.9 Å². The standard InChI is InChI=1S/C20H26N4O2/c1-13(2)19-23-20(26-24-19)18(14-7-10-25-11-8-14)22-12-15-4-3-5-17-16(15)6-9-21-17/h3-6,9,13-14,18,21-22H,7-8,10-12H2,1-2H3/t18-/m1/s1. The Labute approximate surface area is 153 Å². The molecule has 0 aliphatic carbocycles. The summed E-state index contributed by atoms with van der Waals surface area (Å²) in [6, 6.07) is 8.52. The Morgan fingerprint density at radius 3 is 2.85 bits per heavy atom. The van der Waals surface area contributed by atoms with Gasteiger partial charge in [-0.15, -0.1) is 0 Å². The lowest BCUT2D eigenvalue weighted by Gasteiger charge is -2.28. The molecule has 3 heterocycles. The van der Waals surface area contributed by atoms with Crippen molar-refractivity contribution in [3.63, 3.8) is 0 Å². The molecule has 1 aromatic carbocycles. The van der Waals surface area contributed by atoms with Crippen LogP contribution in [0.4, 0.5) is 0 Å². The van der Waals surface area contributed by atoms with Gasteiger partial charge in [-0.2, -0.15) is 4.98 Å². The van der Waals surface area contributed by atoms with E-state index in [0.717, 1.165) is 43.9 Å². The summed E-state index contributed by atoms with van der Waals surface area (Å²) in [7, 11) is 0. The molecule has 2 aromatic heterocycles. The molecule has 0 radical (unpaired) electrons. The molecule has 1 atom stereocenters. The Morgan fingerprint density at radius 1 is 1.23 bits per heavy atom. The van der Waals surface area contributed by atoms with Crippen molar-refractivity contribution < 1.29 is 9.26 Å². The van der Waals surface area contributed by atoms with Crippen LogP contribution in [0, 0.1) is 5.92 Å². The number of ether oxygens (including phenoxy) is 1. The Bertz CT molecular complexity index is 848. The summed E-state index contributed by atoms with van der Waals surface area (Å²) in [5.74, 6) is 2.17. The number of nitrogens with zero attached hydrogens (tertiary/aromatic N) is 2. The second-order valence-corrected chi connectivity index (χ2v) is 7.31. The molecule has 0 spiro atoms. The first-order chi connectivity index (χ1) is 12.7. The van der Waals surface area contributed by atoms with Crippen LogP contribution in [0.3, 0.4) is 0 Å². The SMILES string of the molecule is CC(C)c1noc([C@H](NCc2cccc3[nH]ccc23)C2CCOCC2)n1. The van der Waals surface area contributed by atoms with E-state index in [-0.39, 0.29) is 12.0 Å². The van der Waals surface area contributed by atoms with Crippen molar-refractivity contribution in [1.82, 2.24) is 20.4 Å². The molecule has 26 heavy (non-hydrogen) atoms. The van der Waals surface area contributed by atoms with Crippen molar-refractivity contribution in [3.05, 3.63) is 47.7 Å². The molecule has 138 valence electrons. The zero-order valence-electron chi connectivity index (χ0n) is 15.4. The van der Waals surface area contributed by atoms with Gasteiger partial charge in [0.2, 0.25) is 5.89 Å². The van der Waals surface area contributed by atoms with Gasteiger partial charge in [0.15, 0.2) is 5.82 Å². The second-order valence-electron chi connectivity index (χ2n) is 7.31. The maximum Gasteiger partial charge on any atom is 0.244 e. The minimum absolute atomic E-state index is 0.0492. The summed E-state index contributed by atoms with van der Waals surface area (Å²) in [6.45, 7) is 6.51. The van der Waals surface area contributed by atoms with E-state index >= 15 is 0 Å². The highest BCUT2D eigenvalue weighted by Crippen LogP contribution is 2.30. The molecule has 1 saturated heterocycles. The lowest BCUT2D eigenvalue weighted by molar-refractivity contribution is 0.0485. The van der Waals surface area contributed by atoms with Crippen molar-refractivity contribution in [1.29, 1.82) is 0 Å². The van der Waals surface area contributed by atoms with Gasteiger partial charge in [0.05, 0.1) is 6.04 Å². The number of aromatic amines is 1. The number of aromatic nitrogens is 3.